The summed E-state index contributed by atoms with van der Waals surface area (Å²) in [5.41, 5.74) is 0.145. The topological polar surface area (TPSA) is 91.3 Å². The summed E-state index contributed by atoms with van der Waals surface area (Å²) in [5, 5.41) is 14.6. The van der Waals surface area contributed by atoms with Crippen molar-refractivity contribution in [3.05, 3.63) is 23.9 Å². The standard InChI is InChI=1S/C12H15N3O3/c16-11(15-9-2-3-9)5-6-13-10-4-1-8(7-14-10)12(17)18/h1,4,7,9H,2-3,5-6H2,(H,13,14)(H,15,16)(H,17,18). The minimum absolute atomic E-state index is 0.0344. The molecule has 1 aromatic rings. The van der Waals surface area contributed by atoms with Crippen LogP contribution in [0.1, 0.15) is 29.6 Å². The number of aromatic nitrogens is 1. The van der Waals surface area contributed by atoms with E-state index < -0.39 is 5.97 Å². The van der Waals surface area contributed by atoms with Gasteiger partial charge in [0.1, 0.15) is 5.82 Å². The van der Waals surface area contributed by atoms with E-state index in [0.29, 0.717) is 24.8 Å². The Morgan fingerprint density at radius 2 is 2.17 bits per heavy atom. The van der Waals surface area contributed by atoms with Crippen molar-refractivity contribution >= 4 is 17.7 Å². The highest BCUT2D eigenvalue weighted by Crippen LogP contribution is 2.18. The fraction of sp³-hybridized carbons (Fsp3) is 0.417. The van der Waals surface area contributed by atoms with E-state index in [4.69, 9.17) is 5.11 Å². The zero-order valence-electron chi connectivity index (χ0n) is 9.85. The SMILES string of the molecule is O=C(CCNc1ccc(C(=O)O)cn1)NC1CC1. The molecule has 6 heteroatoms. The van der Waals surface area contributed by atoms with Crippen molar-refractivity contribution in [2.24, 2.45) is 0 Å². The molecule has 0 aromatic carbocycles. The van der Waals surface area contributed by atoms with Gasteiger partial charge in [0.25, 0.3) is 0 Å². The average molecular weight is 249 g/mol. The number of carboxylic acids is 1. The predicted molar refractivity (Wildman–Crippen MR) is 65.5 cm³/mol. The third-order valence-corrected chi connectivity index (χ3v) is 2.61. The second kappa shape index (κ2) is 5.48. The highest BCUT2D eigenvalue weighted by Gasteiger charge is 2.22. The Balaban J connectivity index is 1.72. The van der Waals surface area contributed by atoms with Crippen LogP contribution in [0.3, 0.4) is 0 Å². The van der Waals surface area contributed by atoms with Crippen molar-refractivity contribution in [3.63, 3.8) is 0 Å². The smallest absolute Gasteiger partial charge is 0.337 e. The lowest BCUT2D eigenvalue weighted by atomic mass is 10.3. The normalized spacial score (nSPS) is 14.0. The Morgan fingerprint density at radius 3 is 2.72 bits per heavy atom. The summed E-state index contributed by atoms with van der Waals surface area (Å²) < 4.78 is 0. The van der Waals surface area contributed by atoms with Gasteiger partial charge in [-0.05, 0) is 25.0 Å². The second-order valence-corrected chi connectivity index (χ2v) is 4.26. The van der Waals surface area contributed by atoms with Crippen LogP contribution >= 0.6 is 0 Å². The van der Waals surface area contributed by atoms with Gasteiger partial charge in [-0.1, -0.05) is 0 Å². The van der Waals surface area contributed by atoms with Gasteiger partial charge in [0.2, 0.25) is 5.91 Å². The Labute approximate surface area is 104 Å². The molecule has 0 atom stereocenters. The Hall–Kier alpha value is -2.11. The number of aromatic carboxylic acids is 1. The quantitative estimate of drug-likeness (QED) is 0.695. The van der Waals surface area contributed by atoms with E-state index >= 15 is 0 Å². The van der Waals surface area contributed by atoms with Crippen LogP contribution in [0.4, 0.5) is 5.82 Å². The van der Waals surface area contributed by atoms with Gasteiger partial charge in [-0.3, -0.25) is 4.79 Å². The molecule has 6 nitrogen and oxygen atoms in total. The van der Waals surface area contributed by atoms with Crippen molar-refractivity contribution in [3.8, 4) is 0 Å². The van der Waals surface area contributed by atoms with Crippen LogP contribution in [0.5, 0.6) is 0 Å². The molecule has 96 valence electrons. The van der Waals surface area contributed by atoms with E-state index in [0.717, 1.165) is 12.8 Å². The van der Waals surface area contributed by atoms with Crippen LogP contribution in [0, 0.1) is 0 Å². The molecule has 18 heavy (non-hydrogen) atoms. The molecular weight excluding hydrogens is 234 g/mol. The molecule has 1 aliphatic rings. The van der Waals surface area contributed by atoms with Gasteiger partial charge >= 0.3 is 5.97 Å². The third-order valence-electron chi connectivity index (χ3n) is 2.61. The Morgan fingerprint density at radius 1 is 1.39 bits per heavy atom. The molecule has 3 N–H and O–H groups in total. The molecule has 1 heterocycles. The van der Waals surface area contributed by atoms with Crippen molar-refractivity contribution in [1.82, 2.24) is 10.3 Å². The van der Waals surface area contributed by atoms with E-state index in [1.807, 2.05) is 0 Å². The zero-order valence-corrected chi connectivity index (χ0v) is 9.85. The number of rotatable bonds is 6. The number of carbonyl (C=O) groups is 2. The van der Waals surface area contributed by atoms with Gasteiger partial charge in [0, 0.05) is 25.2 Å². The van der Waals surface area contributed by atoms with E-state index in [1.165, 1.54) is 12.3 Å². The molecule has 0 spiro atoms. The van der Waals surface area contributed by atoms with Crippen LogP contribution in [-0.4, -0.2) is 34.6 Å². The number of pyridine rings is 1. The van der Waals surface area contributed by atoms with Crippen LogP contribution in [0.15, 0.2) is 18.3 Å². The molecule has 0 bridgehead atoms. The highest BCUT2D eigenvalue weighted by atomic mass is 16.4. The van der Waals surface area contributed by atoms with E-state index in [-0.39, 0.29) is 11.5 Å². The summed E-state index contributed by atoms with van der Waals surface area (Å²) in [6.07, 6.45) is 3.84. The summed E-state index contributed by atoms with van der Waals surface area (Å²) >= 11 is 0. The van der Waals surface area contributed by atoms with Crippen molar-refractivity contribution in [2.45, 2.75) is 25.3 Å². The summed E-state index contributed by atoms with van der Waals surface area (Å²) in [4.78, 5) is 25.9. The first-order chi connectivity index (χ1) is 8.65. The van der Waals surface area contributed by atoms with Crippen molar-refractivity contribution in [2.75, 3.05) is 11.9 Å². The van der Waals surface area contributed by atoms with Crippen molar-refractivity contribution < 1.29 is 14.7 Å². The number of anilines is 1. The molecule has 1 saturated carbocycles. The average Bonchev–Trinajstić information content (AvgIpc) is 3.13. The number of nitrogens with one attached hydrogen (secondary N) is 2. The van der Waals surface area contributed by atoms with Gasteiger partial charge in [0.05, 0.1) is 5.56 Å². The maximum absolute atomic E-state index is 11.4. The maximum Gasteiger partial charge on any atom is 0.337 e. The molecule has 1 aliphatic carbocycles. The first-order valence-electron chi connectivity index (χ1n) is 5.88. The number of nitrogens with zero attached hydrogens (tertiary/aromatic N) is 1. The molecule has 0 radical (unpaired) electrons. The van der Waals surface area contributed by atoms with Crippen LogP contribution < -0.4 is 10.6 Å². The minimum atomic E-state index is -1.00. The summed E-state index contributed by atoms with van der Waals surface area (Å²) in [6.45, 7) is 0.484. The predicted octanol–water partition coefficient (Wildman–Crippen LogP) is 0.860. The summed E-state index contributed by atoms with van der Waals surface area (Å²) in [7, 11) is 0. The van der Waals surface area contributed by atoms with Crippen molar-refractivity contribution in [1.29, 1.82) is 0 Å². The monoisotopic (exact) mass is 249 g/mol. The molecule has 1 fully saturated rings. The Kier molecular flexibility index (Phi) is 3.76. The second-order valence-electron chi connectivity index (χ2n) is 4.26. The fourth-order valence-corrected chi connectivity index (χ4v) is 1.46. The molecular formula is C12H15N3O3. The molecule has 0 unspecified atom stereocenters. The summed E-state index contributed by atoms with van der Waals surface area (Å²) in [5.74, 6) is -0.399. The minimum Gasteiger partial charge on any atom is -0.478 e. The number of amides is 1. The van der Waals surface area contributed by atoms with E-state index in [2.05, 4.69) is 15.6 Å². The summed E-state index contributed by atoms with van der Waals surface area (Å²) in [6, 6.07) is 3.44. The number of hydrogen-bond acceptors (Lipinski definition) is 4. The van der Waals surface area contributed by atoms with Gasteiger partial charge in [-0.15, -0.1) is 0 Å². The molecule has 1 amide bonds. The number of hydrogen-bond donors (Lipinski definition) is 3. The lowest BCUT2D eigenvalue weighted by Gasteiger charge is -2.06. The molecule has 0 aliphatic heterocycles. The number of carbonyl (C=O) groups excluding carboxylic acids is 1. The zero-order chi connectivity index (χ0) is 13.0. The van der Waals surface area contributed by atoms with Gasteiger partial charge in [-0.25, -0.2) is 9.78 Å². The largest absolute Gasteiger partial charge is 0.478 e. The Bertz CT molecular complexity index is 440. The highest BCUT2D eigenvalue weighted by molar-refractivity contribution is 5.87. The van der Waals surface area contributed by atoms with Crippen LogP contribution in [0.25, 0.3) is 0 Å². The maximum atomic E-state index is 11.4. The van der Waals surface area contributed by atoms with E-state index in [1.54, 1.807) is 6.07 Å². The van der Waals surface area contributed by atoms with Gasteiger partial charge in [-0.2, -0.15) is 0 Å². The van der Waals surface area contributed by atoms with Gasteiger partial charge in [0.15, 0.2) is 0 Å². The molecule has 2 rings (SSSR count). The van der Waals surface area contributed by atoms with Gasteiger partial charge < -0.3 is 15.7 Å². The molecule has 1 aromatic heterocycles. The number of carboxylic acid groups (broad SMARTS) is 1. The first-order valence-corrected chi connectivity index (χ1v) is 5.88. The lowest BCUT2D eigenvalue weighted by molar-refractivity contribution is -0.120. The van der Waals surface area contributed by atoms with E-state index in [9.17, 15) is 9.59 Å². The van der Waals surface area contributed by atoms with Crippen LogP contribution in [-0.2, 0) is 4.79 Å². The first kappa shape index (κ1) is 12.3. The van der Waals surface area contributed by atoms with Crippen LogP contribution in [0.2, 0.25) is 0 Å². The molecule has 0 saturated heterocycles. The fourth-order valence-electron chi connectivity index (χ4n) is 1.46. The third kappa shape index (κ3) is 3.73. The lowest BCUT2D eigenvalue weighted by Crippen LogP contribution is -2.27.